The molecule has 1 aromatic carbocycles. The summed E-state index contributed by atoms with van der Waals surface area (Å²) in [6, 6.07) is 6.01. The Morgan fingerprint density at radius 2 is 1.94 bits per heavy atom. The Kier molecular flexibility index (Phi) is 2.27. The summed E-state index contributed by atoms with van der Waals surface area (Å²) < 4.78 is 1.01. The van der Waals surface area contributed by atoms with Crippen molar-refractivity contribution in [2.45, 2.75) is 6.92 Å². The van der Waals surface area contributed by atoms with Crippen molar-refractivity contribution in [2.75, 3.05) is 0 Å². The monoisotopic (exact) mass is 260 g/mol. The van der Waals surface area contributed by atoms with Crippen LogP contribution in [0.1, 0.15) is 5.56 Å². The molecule has 17 heavy (non-hydrogen) atoms. The number of hydrogen-bond donors (Lipinski definition) is 2. The number of H-pyrrole nitrogens is 2. The summed E-state index contributed by atoms with van der Waals surface area (Å²) in [5, 5.41) is 9.28. The molecule has 2 N–H and O–H groups in total. The van der Waals surface area contributed by atoms with Crippen LogP contribution in [0, 0.1) is 16.3 Å². The number of nitrogens with zero attached hydrogens (tertiary/aromatic N) is 2. The van der Waals surface area contributed by atoms with Gasteiger partial charge in [0.05, 0.1) is 11.0 Å². The summed E-state index contributed by atoms with van der Waals surface area (Å²) >= 11 is 10.3. The zero-order valence-corrected chi connectivity index (χ0v) is 10.6. The average Bonchev–Trinajstić information content (AvgIpc) is 2.27. The normalized spacial score (nSPS) is 11.1. The molecular weight excluding hydrogens is 252 g/mol. The number of nitrogens with one attached hydrogen (secondary N) is 2. The maximum atomic E-state index is 5.19. The minimum atomic E-state index is 0.498. The van der Waals surface area contributed by atoms with Crippen molar-refractivity contribution in [3.05, 3.63) is 33.2 Å². The number of aryl methyl sites for hydroxylation is 1. The molecule has 2 aromatic heterocycles. The predicted octanol–water partition coefficient (Wildman–Crippen LogP) is 3.21. The molecule has 0 bridgehead atoms. The lowest BCUT2D eigenvalue weighted by Crippen LogP contribution is -1.93. The molecule has 0 amide bonds. The highest BCUT2D eigenvalue weighted by molar-refractivity contribution is 7.72. The van der Waals surface area contributed by atoms with E-state index >= 15 is 0 Å². The first-order valence-electron chi connectivity index (χ1n) is 5.04. The van der Waals surface area contributed by atoms with Crippen molar-refractivity contribution in [3.8, 4) is 0 Å². The Hall–Kier alpha value is -1.66. The summed E-state index contributed by atoms with van der Waals surface area (Å²) in [6.07, 6.45) is 0. The van der Waals surface area contributed by atoms with Gasteiger partial charge in [-0.15, -0.1) is 10.2 Å². The van der Waals surface area contributed by atoms with Crippen LogP contribution in [0.4, 0.5) is 0 Å². The van der Waals surface area contributed by atoms with Gasteiger partial charge in [0, 0.05) is 5.39 Å². The van der Waals surface area contributed by atoms with Gasteiger partial charge in [0.15, 0.2) is 4.77 Å². The molecule has 0 aliphatic rings. The maximum Gasteiger partial charge on any atom is 0.176 e. The van der Waals surface area contributed by atoms with Crippen molar-refractivity contribution in [1.29, 1.82) is 0 Å². The summed E-state index contributed by atoms with van der Waals surface area (Å²) in [5.74, 6) is 0. The van der Waals surface area contributed by atoms with Crippen LogP contribution in [-0.2, 0) is 0 Å². The maximum absolute atomic E-state index is 5.19. The van der Waals surface area contributed by atoms with Gasteiger partial charge in [-0.1, -0.05) is 24.4 Å². The van der Waals surface area contributed by atoms with E-state index in [1.54, 1.807) is 0 Å². The third-order valence-corrected chi connectivity index (χ3v) is 3.10. The Morgan fingerprint density at radius 1 is 1.12 bits per heavy atom. The number of rotatable bonds is 0. The minimum Gasteiger partial charge on any atom is -0.330 e. The first-order chi connectivity index (χ1) is 8.15. The third kappa shape index (κ3) is 1.65. The zero-order chi connectivity index (χ0) is 12.0. The average molecular weight is 260 g/mol. The minimum absolute atomic E-state index is 0.498. The van der Waals surface area contributed by atoms with Crippen molar-refractivity contribution in [1.82, 2.24) is 20.2 Å². The molecule has 0 unspecified atom stereocenters. The van der Waals surface area contributed by atoms with E-state index in [0.717, 1.165) is 22.0 Å². The molecule has 0 saturated carbocycles. The van der Waals surface area contributed by atoms with Gasteiger partial charge >= 0.3 is 0 Å². The number of hydrogen-bond acceptors (Lipinski definition) is 4. The highest BCUT2D eigenvalue weighted by Crippen LogP contribution is 2.20. The molecule has 3 aromatic rings. The van der Waals surface area contributed by atoms with Gasteiger partial charge < -0.3 is 9.97 Å². The molecule has 4 nitrogen and oxygen atoms in total. The SMILES string of the molecule is Cc1ccc2c(c1)nnc1c(=S)[nH]c(=S)[nH]c12. The van der Waals surface area contributed by atoms with Crippen LogP contribution in [0.25, 0.3) is 21.9 Å². The van der Waals surface area contributed by atoms with E-state index in [-0.39, 0.29) is 0 Å². The van der Waals surface area contributed by atoms with Gasteiger partial charge in [0.25, 0.3) is 0 Å². The largest absolute Gasteiger partial charge is 0.330 e. The van der Waals surface area contributed by atoms with E-state index in [0.29, 0.717) is 14.9 Å². The second-order valence-corrected chi connectivity index (χ2v) is 4.67. The van der Waals surface area contributed by atoms with Crippen LogP contribution in [0.2, 0.25) is 0 Å². The van der Waals surface area contributed by atoms with Crippen molar-refractivity contribution < 1.29 is 0 Å². The molecule has 0 aliphatic carbocycles. The second-order valence-electron chi connectivity index (χ2n) is 3.85. The standard InChI is InChI=1S/C11H8N4S2/c1-5-2-3-6-7(4-5)14-15-9-8(6)12-11(17)13-10(9)16/h2-4H,1H3,(H2,12,13,16,17). The lowest BCUT2D eigenvalue weighted by atomic mass is 10.1. The molecule has 3 rings (SSSR count). The Bertz CT molecular complexity index is 847. The molecule has 84 valence electrons. The van der Waals surface area contributed by atoms with Gasteiger partial charge in [-0.2, -0.15) is 0 Å². The molecular formula is C11H8N4S2. The molecule has 2 heterocycles. The van der Waals surface area contributed by atoms with E-state index in [4.69, 9.17) is 24.4 Å². The van der Waals surface area contributed by atoms with Crippen LogP contribution < -0.4 is 0 Å². The van der Waals surface area contributed by atoms with E-state index in [9.17, 15) is 0 Å². The van der Waals surface area contributed by atoms with Crippen molar-refractivity contribution >= 4 is 46.4 Å². The summed E-state index contributed by atoms with van der Waals surface area (Å²) in [5.41, 5.74) is 3.46. The fourth-order valence-corrected chi connectivity index (χ4v) is 2.32. The van der Waals surface area contributed by atoms with Gasteiger partial charge in [-0.25, -0.2) is 0 Å². The van der Waals surface area contributed by atoms with E-state index < -0.39 is 0 Å². The van der Waals surface area contributed by atoms with Crippen molar-refractivity contribution in [2.24, 2.45) is 0 Å². The Morgan fingerprint density at radius 3 is 2.76 bits per heavy atom. The Labute approximate surface area is 107 Å². The molecule has 0 aliphatic heterocycles. The van der Waals surface area contributed by atoms with E-state index in [1.807, 2.05) is 25.1 Å². The van der Waals surface area contributed by atoms with Gasteiger partial charge in [0.1, 0.15) is 10.2 Å². The zero-order valence-electron chi connectivity index (χ0n) is 8.94. The fraction of sp³-hybridized carbons (Fsp3) is 0.0909. The topological polar surface area (TPSA) is 57.4 Å². The predicted molar refractivity (Wildman–Crippen MR) is 72.2 cm³/mol. The highest BCUT2D eigenvalue weighted by atomic mass is 32.1. The van der Waals surface area contributed by atoms with Crippen LogP contribution in [-0.4, -0.2) is 20.2 Å². The molecule has 6 heteroatoms. The molecule has 0 fully saturated rings. The van der Waals surface area contributed by atoms with E-state index in [2.05, 4.69) is 20.2 Å². The summed E-state index contributed by atoms with van der Waals surface area (Å²) in [6.45, 7) is 2.02. The van der Waals surface area contributed by atoms with Crippen LogP contribution >= 0.6 is 24.4 Å². The number of aromatic nitrogens is 4. The molecule has 0 spiro atoms. The lowest BCUT2D eigenvalue weighted by molar-refractivity contribution is 1.08. The molecule has 0 radical (unpaired) electrons. The number of benzene rings is 1. The molecule has 0 saturated heterocycles. The first kappa shape index (κ1) is 10.5. The van der Waals surface area contributed by atoms with Crippen molar-refractivity contribution in [3.63, 3.8) is 0 Å². The molecule has 0 atom stereocenters. The van der Waals surface area contributed by atoms with Gasteiger partial charge in [0.2, 0.25) is 0 Å². The summed E-state index contributed by atoms with van der Waals surface area (Å²) in [7, 11) is 0. The number of aromatic amines is 2. The third-order valence-electron chi connectivity index (χ3n) is 2.60. The second kappa shape index (κ2) is 3.68. The van der Waals surface area contributed by atoms with Crippen LogP contribution in [0.15, 0.2) is 18.2 Å². The summed E-state index contributed by atoms with van der Waals surface area (Å²) in [4.78, 5) is 5.94. The fourth-order valence-electron chi connectivity index (χ4n) is 1.81. The van der Waals surface area contributed by atoms with Crippen LogP contribution in [0.3, 0.4) is 0 Å². The highest BCUT2D eigenvalue weighted by Gasteiger charge is 2.05. The first-order valence-corrected chi connectivity index (χ1v) is 5.86. The van der Waals surface area contributed by atoms with Gasteiger partial charge in [-0.3, -0.25) is 0 Å². The number of fused-ring (bicyclic) bond motifs is 3. The van der Waals surface area contributed by atoms with E-state index in [1.165, 1.54) is 0 Å². The lowest BCUT2D eigenvalue weighted by Gasteiger charge is -2.02. The van der Waals surface area contributed by atoms with Crippen LogP contribution in [0.5, 0.6) is 0 Å². The Balaban J connectivity index is 2.64. The smallest absolute Gasteiger partial charge is 0.176 e. The quantitative estimate of drug-likeness (QED) is 0.481. The van der Waals surface area contributed by atoms with Gasteiger partial charge in [-0.05, 0) is 30.8 Å².